The largest absolute Gasteiger partial charge is 0.480 e. The highest BCUT2D eigenvalue weighted by molar-refractivity contribution is 6.15. The van der Waals surface area contributed by atoms with Gasteiger partial charge in [0, 0.05) is 31.3 Å². The molecule has 0 bridgehead atoms. The van der Waals surface area contributed by atoms with E-state index in [2.05, 4.69) is 10.3 Å². The van der Waals surface area contributed by atoms with Crippen molar-refractivity contribution in [1.29, 1.82) is 0 Å². The summed E-state index contributed by atoms with van der Waals surface area (Å²) < 4.78 is 1.20. The van der Waals surface area contributed by atoms with Crippen LogP contribution >= 0.6 is 11.8 Å². The van der Waals surface area contributed by atoms with Crippen LogP contribution in [0.5, 0.6) is 0 Å². The van der Waals surface area contributed by atoms with Gasteiger partial charge in [-0.2, -0.15) is 0 Å². The van der Waals surface area contributed by atoms with Crippen LogP contribution in [0, 0.1) is 0 Å². The van der Waals surface area contributed by atoms with E-state index in [-0.39, 0.29) is 6.42 Å². The Morgan fingerprint density at radius 1 is 1.73 bits per heavy atom. The first kappa shape index (κ1) is 11.5. The molecule has 1 atom stereocenters. The third kappa shape index (κ3) is 3.59. The van der Waals surface area contributed by atoms with E-state index in [0.717, 1.165) is 0 Å². The maximum absolute atomic E-state index is 10.8. The van der Waals surface area contributed by atoms with Crippen molar-refractivity contribution >= 4 is 23.7 Å². The van der Waals surface area contributed by atoms with Crippen molar-refractivity contribution in [3.05, 3.63) is 18.2 Å². The quantitative estimate of drug-likeness (QED) is 0.765. The summed E-state index contributed by atoms with van der Waals surface area (Å²) >= 11 is 5.55. The van der Waals surface area contributed by atoms with Gasteiger partial charge in [-0.1, -0.05) is 0 Å². The summed E-state index contributed by atoms with van der Waals surface area (Å²) in [6.45, 7) is 1.26. The van der Waals surface area contributed by atoms with E-state index in [0.29, 0.717) is 5.69 Å². The molecule has 0 radical (unpaired) electrons. The molecule has 0 aliphatic carbocycles. The molecule has 7 heteroatoms. The molecule has 0 fully saturated rings. The number of carbonyl (C=O) groups excluding carboxylic acids is 1. The Hall–Kier alpha value is -1.56. The zero-order valence-electron chi connectivity index (χ0n) is 7.98. The number of rotatable bonds is 4. The number of amides is 1. The number of halogens is 1. The highest BCUT2D eigenvalue weighted by atomic mass is 35.5. The van der Waals surface area contributed by atoms with Crippen LogP contribution in [0.25, 0.3) is 0 Å². The molecule has 1 heterocycles. The van der Waals surface area contributed by atoms with Crippen LogP contribution < -0.4 is 5.32 Å². The predicted octanol–water partition coefficient (Wildman–Crippen LogP) is 0.0168. The SMILES string of the molecule is CC(=O)N[C@@H](Cc1cn(Cl)cn1)C(=O)O. The Morgan fingerprint density at radius 2 is 2.40 bits per heavy atom. The van der Waals surface area contributed by atoms with Gasteiger partial charge in [0.25, 0.3) is 0 Å². The number of aliphatic carboxylic acids is 1. The summed E-state index contributed by atoms with van der Waals surface area (Å²) in [6.07, 6.45) is 2.94. The zero-order valence-corrected chi connectivity index (χ0v) is 8.73. The lowest BCUT2D eigenvalue weighted by molar-refractivity contribution is -0.141. The van der Waals surface area contributed by atoms with E-state index in [1.807, 2.05) is 0 Å². The topological polar surface area (TPSA) is 84.2 Å². The van der Waals surface area contributed by atoms with Crippen molar-refractivity contribution in [2.75, 3.05) is 0 Å². The Balaban J connectivity index is 2.66. The first-order valence-corrected chi connectivity index (χ1v) is 4.51. The first-order chi connectivity index (χ1) is 6.99. The number of carboxylic acids is 1. The molecule has 0 aliphatic heterocycles. The van der Waals surface area contributed by atoms with E-state index in [4.69, 9.17) is 16.9 Å². The first-order valence-electron chi connectivity index (χ1n) is 4.18. The number of imidazole rings is 1. The number of nitrogens with one attached hydrogen (secondary N) is 1. The number of aromatic nitrogens is 2. The van der Waals surface area contributed by atoms with Crippen molar-refractivity contribution < 1.29 is 14.7 Å². The zero-order chi connectivity index (χ0) is 11.4. The monoisotopic (exact) mass is 231 g/mol. The Kier molecular flexibility index (Phi) is 3.68. The van der Waals surface area contributed by atoms with E-state index < -0.39 is 17.9 Å². The number of carbonyl (C=O) groups is 2. The second-order valence-electron chi connectivity index (χ2n) is 3.00. The van der Waals surface area contributed by atoms with Gasteiger partial charge in [-0.15, -0.1) is 0 Å². The van der Waals surface area contributed by atoms with Gasteiger partial charge in [0.1, 0.15) is 12.4 Å². The van der Waals surface area contributed by atoms with E-state index in [1.54, 1.807) is 0 Å². The summed E-state index contributed by atoms with van der Waals surface area (Å²) in [6, 6.07) is -0.978. The van der Waals surface area contributed by atoms with Gasteiger partial charge >= 0.3 is 5.97 Å². The number of hydrogen-bond donors (Lipinski definition) is 2. The molecule has 0 spiro atoms. The summed E-state index contributed by atoms with van der Waals surface area (Å²) in [5.74, 6) is -1.50. The van der Waals surface area contributed by atoms with Gasteiger partial charge in [-0.25, -0.2) is 13.9 Å². The summed E-state index contributed by atoms with van der Waals surface area (Å²) in [5.41, 5.74) is 0.506. The van der Waals surface area contributed by atoms with E-state index in [9.17, 15) is 9.59 Å². The molecule has 2 N–H and O–H groups in total. The van der Waals surface area contributed by atoms with Crippen LogP contribution in [0.2, 0.25) is 0 Å². The minimum atomic E-state index is -1.10. The fourth-order valence-electron chi connectivity index (χ4n) is 1.10. The van der Waals surface area contributed by atoms with Gasteiger partial charge < -0.3 is 10.4 Å². The molecular weight excluding hydrogens is 222 g/mol. The van der Waals surface area contributed by atoms with Gasteiger partial charge in [-0.05, 0) is 0 Å². The minimum Gasteiger partial charge on any atom is -0.480 e. The molecule has 0 saturated carbocycles. The van der Waals surface area contributed by atoms with Gasteiger partial charge in [0.05, 0.1) is 5.69 Å². The maximum Gasteiger partial charge on any atom is 0.326 e. The molecule has 1 aromatic rings. The fraction of sp³-hybridized carbons (Fsp3) is 0.375. The number of hydrogen-bond acceptors (Lipinski definition) is 3. The van der Waals surface area contributed by atoms with Gasteiger partial charge in [0.2, 0.25) is 5.91 Å². The maximum atomic E-state index is 10.8. The number of carboxylic acid groups (broad SMARTS) is 1. The summed E-state index contributed by atoms with van der Waals surface area (Å²) in [5, 5.41) is 11.1. The average molecular weight is 232 g/mol. The van der Waals surface area contributed by atoms with Crippen LogP contribution in [0.15, 0.2) is 12.5 Å². The van der Waals surface area contributed by atoms with E-state index in [1.165, 1.54) is 23.5 Å². The second-order valence-corrected chi connectivity index (χ2v) is 3.40. The third-order valence-corrected chi connectivity index (χ3v) is 1.88. The number of nitrogens with zero attached hydrogens (tertiary/aromatic N) is 2. The van der Waals surface area contributed by atoms with Crippen LogP contribution in [0.3, 0.4) is 0 Å². The van der Waals surface area contributed by atoms with Gasteiger partial charge in [-0.3, -0.25) is 4.79 Å². The fourth-order valence-corrected chi connectivity index (χ4v) is 1.25. The van der Waals surface area contributed by atoms with Crippen LogP contribution in [0.4, 0.5) is 0 Å². The standard InChI is InChI=1S/C8H10ClN3O3/c1-5(13)11-7(8(14)15)2-6-3-12(9)4-10-6/h3-4,7H,2H2,1H3,(H,11,13)(H,14,15)/t7-/m0/s1. The van der Waals surface area contributed by atoms with Crippen molar-refractivity contribution in [2.45, 2.75) is 19.4 Å². The molecule has 15 heavy (non-hydrogen) atoms. The van der Waals surface area contributed by atoms with Gasteiger partial charge in [0.15, 0.2) is 0 Å². The molecular formula is C8H10ClN3O3. The highest BCUT2D eigenvalue weighted by Gasteiger charge is 2.19. The molecule has 0 aromatic carbocycles. The lowest BCUT2D eigenvalue weighted by atomic mass is 10.1. The van der Waals surface area contributed by atoms with Crippen molar-refractivity contribution in [3.63, 3.8) is 0 Å². The van der Waals surface area contributed by atoms with Crippen molar-refractivity contribution in [2.24, 2.45) is 0 Å². The van der Waals surface area contributed by atoms with Crippen LogP contribution in [-0.2, 0) is 16.0 Å². The third-order valence-electron chi connectivity index (χ3n) is 1.70. The normalized spacial score (nSPS) is 12.1. The molecule has 1 amide bonds. The molecule has 1 rings (SSSR count). The summed E-state index contributed by atoms with van der Waals surface area (Å²) in [4.78, 5) is 25.4. The second kappa shape index (κ2) is 4.79. The lowest BCUT2D eigenvalue weighted by Gasteiger charge is -2.10. The molecule has 0 aliphatic rings. The minimum absolute atomic E-state index is 0.106. The van der Waals surface area contributed by atoms with Crippen LogP contribution in [0.1, 0.15) is 12.6 Å². The molecule has 82 valence electrons. The van der Waals surface area contributed by atoms with Crippen molar-refractivity contribution in [3.8, 4) is 0 Å². The predicted molar refractivity (Wildman–Crippen MR) is 52.4 cm³/mol. The molecule has 0 saturated heterocycles. The average Bonchev–Trinajstić information content (AvgIpc) is 2.49. The van der Waals surface area contributed by atoms with Crippen molar-refractivity contribution in [1.82, 2.24) is 14.4 Å². The summed E-state index contributed by atoms with van der Waals surface area (Å²) in [7, 11) is 0. The highest BCUT2D eigenvalue weighted by Crippen LogP contribution is 2.02. The molecule has 0 unspecified atom stereocenters. The lowest BCUT2D eigenvalue weighted by Crippen LogP contribution is -2.41. The Bertz CT molecular complexity index is 377. The molecule has 6 nitrogen and oxygen atoms in total. The van der Waals surface area contributed by atoms with Crippen LogP contribution in [-0.4, -0.2) is 32.1 Å². The smallest absolute Gasteiger partial charge is 0.326 e. The molecule has 1 aromatic heterocycles. The Morgan fingerprint density at radius 3 is 2.80 bits per heavy atom. The van der Waals surface area contributed by atoms with E-state index >= 15 is 0 Å². The Labute approximate surface area is 91.0 Å².